The lowest BCUT2D eigenvalue weighted by Crippen LogP contribution is -2.39. The Balaban J connectivity index is 2.43. The fourth-order valence-electron chi connectivity index (χ4n) is 3.24. The standard InChI is InChI=1S/C17H35N3O/c1-3-8-16(9-4-2)17(21)20-13-7-12-19(14-15-20)11-6-5-10-18/h16H,3-15,18H2,1-2H3. The quantitative estimate of drug-likeness (QED) is 0.665. The lowest BCUT2D eigenvalue weighted by Gasteiger charge is -2.26. The van der Waals surface area contributed by atoms with E-state index in [0.717, 1.165) is 77.8 Å². The molecule has 1 heterocycles. The minimum atomic E-state index is 0.254. The number of hydrogen-bond acceptors (Lipinski definition) is 3. The van der Waals surface area contributed by atoms with Crippen LogP contribution >= 0.6 is 0 Å². The molecule has 0 atom stereocenters. The summed E-state index contributed by atoms with van der Waals surface area (Å²) in [5.41, 5.74) is 5.56. The lowest BCUT2D eigenvalue weighted by molar-refractivity contribution is -0.135. The maximum absolute atomic E-state index is 12.7. The largest absolute Gasteiger partial charge is 0.341 e. The molecule has 0 unspecified atom stereocenters. The van der Waals surface area contributed by atoms with Crippen LogP contribution in [0.2, 0.25) is 0 Å². The second-order valence-corrected chi connectivity index (χ2v) is 6.29. The number of unbranched alkanes of at least 4 members (excludes halogenated alkanes) is 1. The Morgan fingerprint density at radius 3 is 2.38 bits per heavy atom. The van der Waals surface area contributed by atoms with Crippen molar-refractivity contribution in [3.63, 3.8) is 0 Å². The van der Waals surface area contributed by atoms with Gasteiger partial charge in [0.1, 0.15) is 0 Å². The number of nitrogens with zero attached hydrogens (tertiary/aromatic N) is 2. The zero-order valence-corrected chi connectivity index (χ0v) is 14.1. The lowest BCUT2D eigenvalue weighted by atomic mass is 9.96. The van der Waals surface area contributed by atoms with Crippen LogP contribution in [0, 0.1) is 5.92 Å². The maximum atomic E-state index is 12.7. The van der Waals surface area contributed by atoms with Crippen LogP contribution in [0.4, 0.5) is 0 Å². The van der Waals surface area contributed by atoms with Gasteiger partial charge in [0.2, 0.25) is 5.91 Å². The summed E-state index contributed by atoms with van der Waals surface area (Å²) in [7, 11) is 0. The first-order valence-corrected chi connectivity index (χ1v) is 8.94. The van der Waals surface area contributed by atoms with Crippen molar-refractivity contribution in [2.24, 2.45) is 11.7 Å². The van der Waals surface area contributed by atoms with Crippen molar-refractivity contribution in [3.05, 3.63) is 0 Å². The van der Waals surface area contributed by atoms with Crippen molar-refractivity contribution in [3.8, 4) is 0 Å². The van der Waals surface area contributed by atoms with E-state index in [1.54, 1.807) is 0 Å². The third-order valence-corrected chi connectivity index (χ3v) is 4.45. The molecule has 1 saturated heterocycles. The molecule has 0 radical (unpaired) electrons. The topological polar surface area (TPSA) is 49.6 Å². The molecule has 1 aliphatic heterocycles. The van der Waals surface area contributed by atoms with Gasteiger partial charge in [-0.3, -0.25) is 4.79 Å². The van der Waals surface area contributed by atoms with E-state index in [-0.39, 0.29) is 5.92 Å². The molecule has 1 aliphatic rings. The first-order chi connectivity index (χ1) is 10.2. The van der Waals surface area contributed by atoms with Crippen LogP contribution in [-0.2, 0) is 4.79 Å². The summed E-state index contributed by atoms with van der Waals surface area (Å²) in [5, 5.41) is 0. The molecular formula is C17H35N3O. The van der Waals surface area contributed by atoms with Crippen LogP contribution in [0.25, 0.3) is 0 Å². The van der Waals surface area contributed by atoms with Crippen molar-refractivity contribution >= 4 is 5.91 Å². The van der Waals surface area contributed by atoms with Crippen LogP contribution in [0.1, 0.15) is 58.8 Å². The van der Waals surface area contributed by atoms with Crippen molar-refractivity contribution in [2.75, 3.05) is 39.3 Å². The Morgan fingerprint density at radius 1 is 1.05 bits per heavy atom. The molecule has 21 heavy (non-hydrogen) atoms. The number of carbonyl (C=O) groups is 1. The molecule has 0 aromatic rings. The minimum Gasteiger partial charge on any atom is -0.341 e. The Kier molecular flexibility index (Phi) is 9.68. The predicted molar refractivity (Wildman–Crippen MR) is 89.2 cm³/mol. The highest BCUT2D eigenvalue weighted by Gasteiger charge is 2.24. The van der Waals surface area contributed by atoms with Gasteiger partial charge in [0.05, 0.1) is 0 Å². The number of nitrogens with two attached hydrogens (primary N) is 1. The molecule has 4 nitrogen and oxygen atoms in total. The van der Waals surface area contributed by atoms with Crippen LogP contribution < -0.4 is 5.73 Å². The van der Waals surface area contributed by atoms with Crippen molar-refractivity contribution in [1.29, 1.82) is 0 Å². The Morgan fingerprint density at radius 2 is 1.76 bits per heavy atom. The van der Waals surface area contributed by atoms with E-state index in [2.05, 4.69) is 23.6 Å². The van der Waals surface area contributed by atoms with Gasteiger partial charge in [-0.05, 0) is 51.7 Å². The van der Waals surface area contributed by atoms with Crippen LogP contribution in [-0.4, -0.2) is 55.0 Å². The van der Waals surface area contributed by atoms with E-state index in [9.17, 15) is 4.79 Å². The zero-order valence-electron chi connectivity index (χ0n) is 14.1. The third-order valence-electron chi connectivity index (χ3n) is 4.45. The van der Waals surface area contributed by atoms with Crippen LogP contribution in [0.3, 0.4) is 0 Å². The van der Waals surface area contributed by atoms with Crippen LogP contribution in [0.15, 0.2) is 0 Å². The summed E-state index contributed by atoms with van der Waals surface area (Å²) in [5.74, 6) is 0.659. The van der Waals surface area contributed by atoms with Gasteiger partial charge in [-0.15, -0.1) is 0 Å². The smallest absolute Gasteiger partial charge is 0.225 e. The fourth-order valence-corrected chi connectivity index (χ4v) is 3.24. The molecule has 1 fully saturated rings. The van der Waals surface area contributed by atoms with Crippen molar-refractivity contribution < 1.29 is 4.79 Å². The van der Waals surface area contributed by atoms with Gasteiger partial charge in [-0.2, -0.15) is 0 Å². The summed E-state index contributed by atoms with van der Waals surface area (Å²) in [4.78, 5) is 17.3. The summed E-state index contributed by atoms with van der Waals surface area (Å²) in [6.07, 6.45) is 7.70. The average Bonchev–Trinajstić information content (AvgIpc) is 2.72. The van der Waals surface area contributed by atoms with Gasteiger partial charge >= 0.3 is 0 Å². The van der Waals surface area contributed by atoms with E-state index >= 15 is 0 Å². The summed E-state index contributed by atoms with van der Waals surface area (Å²) in [6.45, 7) is 10.3. The SMILES string of the molecule is CCCC(CCC)C(=O)N1CCCN(CCCCN)CC1. The predicted octanol–water partition coefficient (Wildman–Crippen LogP) is 2.48. The van der Waals surface area contributed by atoms with E-state index in [1.165, 1.54) is 6.42 Å². The maximum Gasteiger partial charge on any atom is 0.225 e. The highest BCUT2D eigenvalue weighted by atomic mass is 16.2. The summed E-state index contributed by atoms with van der Waals surface area (Å²) >= 11 is 0. The highest BCUT2D eigenvalue weighted by molar-refractivity contribution is 5.78. The van der Waals surface area contributed by atoms with Gasteiger partial charge in [0.15, 0.2) is 0 Å². The van der Waals surface area contributed by atoms with Gasteiger partial charge in [-0.1, -0.05) is 26.7 Å². The van der Waals surface area contributed by atoms with E-state index < -0.39 is 0 Å². The number of carbonyl (C=O) groups excluding carboxylic acids is 1. The normalized spacial score (nSPS) is 17.2. The molecule has 1 rings (SSSR count). The summed E-state index contributed by atoms with van der Waals surface area (Å²) in [6, 6.07) is 0. The first kappa shape index (κ1) is 18.4. The molecule has 4 heteroatoms. The fraction of sp³-hybridized carbons (Fsp3) is 0.941. The van der Waals surface area contributed by atoms with Crippen molar-refractivity contribution in [1.82, 2.24) is 9.80 Å². The number of rotatable bonds is 9. The first-order valence-electron chi connectivity index (χ1n) is 8.94. The van der Waals surface area contributed by atoms with E-state index in [4.69, 9.17) is 5.73 Å². The molecule has 0 aromatic heterocycles. The molecule has 0 spiro atoms. The van der Waals surface area contributed by atoms with Crippen molar-refractivity contribution in [2.45, 2.75) is 58.8 Å². The Hall–Kier alpha value is -0.610. The molecular weight excluding hydrogens is 262 g/mol. The van der Waals surface area contributed by atoms with Gasteiger partial charge in [0.25, 0.3) is 0 Å². The van der Waals surface area contributed by atoms with Gasteiger partial charge < -0.3 is 15.5 Å². The Labute approximate surface area is 131 Å². The molecule has 124 valence electrons. The molecule has 0 bridgehead atoms. The number of hydrogen-bond donors (Lipinski definition) is 1. The Bertz CT molecular complexity index is 277. The van der Waals surface area contributed by atoms with E-state index in [1.807, 2.05) is 0 Å². The monoisotopic (exact) mass is 297 g/mol. The highest BCUT2D eigenvalue weighted by Crippen LogP contribution is 2.18. The number of amides is 1. The second-order valence-electron chi connectivity index (χ2n) is 6.29. The molecule has 0 aromatic carbocycles. The average molecular weight is 297 g/mol. The zero-order chi connectivity index (χ0) is 15.5. The molecule has 0 saturated carbocycles. The summed E-state index contributed by atoms with van der Waals surface area (Å²) < 4.78 is 0. The molecule has 2 N–H and O–H groups in total. The second kappa shape index (κ2) is 11.0. The van der Waals surface area contributed by atoms with Gasteiger partial charge in [-0.25, -0.2) is 0 Å². The van der Waals surface area contributed by atoms with E-state index in [0.29, 0.717) is 5.91 Å². The molecule has 0 aliphatic carbocycles. The van der Waals surface area contributed by atoms with Gasteiger partial charge in [0, 0.05) is 25.6 Å². The minimum absolute atomic E-state index is 0.254. The third kappa shape index (κ3) is 6.79. The molecule has 1 amide bonds. The van der Waals surface area contributed by atoms with Crippen LogP contribution in [0.5, 0.6) is 0 Å².